The minimum Gasteiger partial charge on any atom is -0.492 e. The van der Waals surface area contributed by atoms with Gasteiger partial charge < -0.3 is 24.3 Å². The third-order valence-electron chi connectivity index (χ3n) is 3.60. The third-order valence-corrected chi connectivity index (χ3v) is 3.60. The Hall–Kier alpha value is -3.81. The lowest BCUT2D eigenvalue weighted by atomic mass is 10.2. The number of nitrogens with one attached hydrogen (secondary N) is 1. The molecule has 0 spiro atoms. The van der Waals surface area contributed by atoms with E-state index in [1.807, 2.05) is 6.07 Å². The van der Waals surface area contributed by atoms with Crippen LogP contribution in [-0.4, -0.2) is 35.3 Å². The normalized spacial score (nSPS) is 10.3. The molecule has 8 nitrogen and oxygen atoms in total. The number of ether oxygens (including phenoxy) is 2. The summed E-state index contributed by atoms with van der Waals surface area (Å²) in [4.78, 5) is 26.4. The molecule has 0 aliphatic heterocycles. The number of carbonyl (C=O) groups is 2. The number of nitrogens with zero attached hydrogens (tertiary/aromatic N) is 1. The second-order valence-corrected chi connectivity index (χ2v) is 5.70. The van der Waals surface area contributed by atoms with Crippen LogP contribution in [0, 0.1) is 0 Å². The SMILES string of the molecule is O=C(O)Cc1nc(-c2ccc(OCCNC(=O)Oc3ccccc3)cc2)co1. The molecule has 0 atom stereocenters. The Morgan fingerprint density at radius 1 is 1.04 bits per heavy atom. The van der Waals surface area contributed by atoms with Crippen molar-refractivity contribution in [3.05, 3.63) is 66.8 Å². The standard InChI is InChI=1S/C20H18N2O6/c23-19(24)12-18-22-17(13-27-18)14-6-8-15(9-7-14)26-11-10-21-20(25)28-16-4-2-1-3-5-16/h1-9,13H,10-12H2,(H,21,25)(H,23,24). The van der Waals surface area contributed by atoms with E-state index in [4.69, 9.17) is 19.0 Å². The van der Waals surface area contributed by atoms with Crippen molar-refractivity contribution in [1.29, 1.82) is 0 Å². The van der Waals surface area contributed by atoms with Gasteiger partial charge in [0.1, 0.15) is 36.5 Å². The lowest BCUT2D eigenvalue weighted by Crippen LogP contribution is -2.30. The summed E-state index contributed by atoms with van der Waals surface area (Å²) in [6.45, 7) is 0.561. The fraction of sp³-hybridized carbons (Fsp3) is 0.150. The number of hydrogen-bond donors (Lipinski definition) is 2. The molecule has 0 fully saturated rings. The van der Waals surface area contributed by atoms with Crippen molar-refractivity contribution in [2.24, 2.45) is 0 Å². The Morgan fingerprint density at radius 2 is 1.79 bits per heavy atom. The first-order valence-electron chi connectivity index (χ1n) is 8.50. The molecule has 1 amide bonds. The summed E-state index contributed by atoms with van der Waals surface area (Å²) in [5, 5.41) is 11.3. The number of carbonyl (C=O) groups excluding carboxylic acids is 1. The molecular weight excluding hydrogens is 364 g/mol. The number of oxazole rings is 1. The van der Waals surface area contributed by atoms with Gasteiger partial charge in [-0.05, 0) is 36.4 Å². The van der Waals surface area contributed by atoms with E-state index in [-0.39, 0.29) is 25.5 Å². The summed E-state index contributed by atoms with van der Waals surface area (Å²) in [7, 11) is 0. The highest BCUT2D eigenvalue weighted by molar-refractivity contribution is 5.70. The van der Waals surface area contributed by atoms with Gasteiger partial charge in [0.2, 0.25) is 5.89 Å². The molecule has 8 heteroatoms. The van der Waals surface area contributed by atoms with Crippen LogP contribution in [0.5, 0.6) is 11.5 Å². The predicted octanol–water partition coefficient (Wildman–Crippen LogP) is 3.14. The van der Waals surface area contributed by atoms with E-state index in [9.17, 15) is 9.59 Å². The van der Waals surface area contributed by atoms with Gasteiger partial charge in [0.05, 0.1) is 6.54 Å². The van der Waals surface area contributed by atoms with Crippen LogP contribution in [0.25, 0.3) is 11.3 Å². The minimum absolute atomic E-state index is 0.149. The smallest absolute Gasteiger partial charge is 0.412 e. The number of para-hydroxylation sites is 1. The number of aliphatic carboxylic acids is 1. The highest BCUT2D eigenvalue weighted by Gasteiger charge is 2.10. The van der Waals surface area contributed by atoms with Crippen LogP contribution in [0.1, 0.15) is 5.89 Å². The van der Waals surface area contributed by atoms with Crippen molar-refractivity contribution in [3.8, 4) is 22.8 Å². The number of amides is 1. The third kappa shape index (κ3) is 5.60. The van der Waals surface area contributed by atoms with Crippen molar-refractivity contribution in [3.63, 3.8) is 0 Å². The first-order valence-corrected chi connectivity index (χ1v) is 8.50. The lowest BCUT2D eigenvalue weighted by Gasteiger charge is -2.08. The molecule has 0 aliphatic rings. The molecule has 1 heterocycles. The van der Waals surface area contributed by atoms with Gasteiger partial charge >= 0.3 is 12.1 Å². The molecule has 144 valence electrons. The summed E-state index contributed by atoms with van der Waals surface area (Å²) in [6.07, 6.45) is 0.602. The molecule has 1 aromatic heterocycles. The van der Waals surface area contributed by atoms with Gasteiger partial charge in [-0.15, -0.1) is 0 Å². The van der Waals surface area contributed by atoms with Crippen molar-refractivity contribution < 1.29 is 28.6 Å². The molecule has 0 saturated heterocycles. The molecule has 0 bridgehead atoms. The van der Waals surface area contributed by atoms with Crippen molar-refractivity contribution in [1.82, 2.24) is 10.3 Å². The van der Waals surface area contributed by atoms with E-state index >= 15 is 0 Å². The molecule has 2 aromatic carbocycles. The minimum atomic E-state index is -1.00. The van der Waals surface area contributed by atoms with Crippen LogP contribution in [0.3, 0.4) is 0 Å². The van der Waals surface area contributed by atoms with Crippen LogP contribution in [0.2, 0.25) is 0 Å². The Kier molecular flexibility index (Phi) is 6.25. The molecule has 0 radical (unpaired) electrons. The molecular formula is C20H18N2O6. The number of aromatic nitrogens is 1. The Labute approximate surface area is 160 Å². The number of rotatable bonds is 8. The average molecular weight is 382 g/mol. The number of carboxylic acids is 1. The largest absolute Gasteiger partial charge is 0.492 e. The summed E-state index contributed by atoms with van der Waals surface area (Å²) in [5.41, 5.74) is 1.32. The Bertz CT molecular complexity index is 921. The first-order chi connectivity index (χ1) is 13.6. The van der Waals surface area contributed by atoms with Gasteiger partial charge in [-0.25, -0.2) is 9.78 Å². The molecule has 3 aromatic rings. The lowest BCUT2D eigenvalue weighted by molar-refractivity contribution is -0.136. The number of carboxylic acid groups (broad SMARTS) is 1. The molecule has 0 unspecified atom stereocenters. The van der Waals surface area contributed by atoms with Crippen LogP contribution < -0.4 is 14.8 Å². The molecule has 2 N–H and O–H groups in total. The van der Waals surface area contributed by atoms with Crippen LogP contribution in [0.15, 0.2) is 65.3 Å². The van der Waals surface area contributed by atoms with Crippen LogP contribution in [0.4, 0.5) is 4.79 Å². The second kappa shape index (κ2) is 9.22. The topological polar surface area (TPSA) is 111 Å². The maximum Gasteiger partial charge on any atom is 0.412 e. The summed E-state index contributed by atoms with van der Waals surface area (Å²) in [5.74, 6) is 0.238. The quantitative estimate of drug-likeness (QED) is 0.576. The highest BCUT2D eigenvalue weighted by atomic mass is 16.6. The van der Waals surface area contributed by atoms with Crippen molar-refractivity contribution in [2.75, 3.05) is 13.2 Å². The summed E-state index contributed by atoms with van der Waals surface area (Å²) in [6, 6.07) is 15.9. The Morgan fingerprint density at radius 3 is 2.50 bits per heavy atom. The van der Waals surface area contributed by atoms with E-state index in [1.165, 1.54) is 6.26 Å². The predicted molar refractivity (Wildman–Crippen MR) is 99.2 cm³/mol. The van der Waals surface area contributed by atoms with Gasteiger partial charge in [-0.3, -0.25) is 4.79 Å². The fourth-order valence-electron chi connectivity index (χ4n) is 2.33. The maximum atomic E-state index is 11.7. The monoisotopic (exact) mass is 382 g/mol. The molecule has 3 rings (SSSR count). The van der Waals surface area contributed by atoms with Gasteiger partial charge in [0, 0.05) is 5.56 Å². The van der Waals surface area contributed by atoms with Crippen molar-refractivity contribution >= 4 is 12.1 Å². The maximum absolute atomic E-state index is 11.7. The zero-order valence-corrected chi connectivity index (χ0v) is 14.8. The van der Waals surface area contributed by atoms with E-state index < -0.39 is 12.1 Å². The fourth-order valence-corrected chi connectivity index (χ4v) is 2.33. The zero-order chi connectivity index (χ0) is 19.8. The van der Waals surface area contributed by atoms with Crippen LogP contribution >= 0.6 is 0 Å². The van der Waals surface area contributed by atoms with E-state index in [0.29, 0.717) is 17.2 Å². The summed E-state index contributed by atoms with van der Waals surface area (Å²) >= 11 is 0. The number of benzene rings is 2. The van der Waals surface area contributed by atoms with Gasteiger partial charge in [-0.1, -0.05) is 18.2 Å². The highest BCUT2D eigenvalue weighted by Crippen LogP contribution is 2.22. The Balaban J connectivity index is 1.42. The first kappa shape index (κ1) is 19.0. The van der Waals surface area contributed by atoms with Gasteiger partial charge in [0.25, 0.3) is 0 Å². The molecule has 0 saturated carbocycles. The van der Waals surface area contributed by atoms with Crippen LogP contribution in [-0.2, 0) is 11.2 Å². The van der Waals surface area contributed by atoms with E-state index in [2.05, 4.69) is 10.3 Å². The number of hydrogen-bond acceptors (Lipinski definition) is 6. The summed E-state index contributed by atoms with van der Waals surface area (Å²) < 4.78 is 15.8. The van der Waals surface area contributed by atoms with Gasteiger partial charge in [-0.2, -0.15) is 0 Å². The zero-order valence-electron chi connectivity index (χ0n) is 14.8. The molecule has 28 heavy (non-hydrogen) atoms. The average Bonchev–Trinajstić information content (AvgIpc) is 3.14. The van der Waals surface area contributed by atoms with Gasteiger partial charge in [0.15, 0.2) is 0 Å². The second-order valence-electron chi connectivity index (χ2n) is 5.70. The van der Waals surface area contributed by atoms with Crippen molar-refractivity contribution in [2.45, 2.75) is 6.42 Å². The van der Waals surface area contributed by atoms with E-state index in [1.54, 1.807) is 48.5 Å². The molecule has 0 aliphatic carbocycles. The van der Waals surface area contributed by atoms with E-state index in [0.717, 1.165) is 5.56 Å².